The number of phenols is 1. The number of esters is 3. The van der Waals surface area contributed by atoms with Crippen LogP contribution in [0.25, 0.3) is 0 Å². The summed E-state index contributed by atoms with van der Waals surface area (Å²) in [5.74, 6) is -7.23. The van der Waals surface area contributed by atoms with E-state index in [0.717, 1.165) is 5.56 Å². The molecule has 0 radical (unpaired) electrons. The SMILES string of the molecule is CC[C@]12c3c4ccc(O)c3O[C@H]1C(OC(=O)C[C@H](O)C(=O)O[C@H](C(=O)O[C@@H](CC(=O)O)C(=O)O)c1ccccc1)=CC[C@@]2(O)[C@H](NC)C4. The van der Waals surface area contributed by atoms with Gasteiger partial charge in [-0.1, -0.05) is 43.3 Å². The van der Waals surface area contributed by atoms with Crippen LogP contribution in [0.2, 0.25) is 0 Å². The number of carboxylic acid groups (broad SMARTS) is 2. The molecule has 7 atom stereocenters. The van der Waals surface area contributed by atoms with E-state index < -0.39 is 84.2 Å². The van der Waals surface area contributed by atoms with Crippen LogP contribution in [0, 0.1) is 0 Å². The summed E-state index contributed by atoms with van der Waals surface area (Å²) < 4.78 is 21.7. The molecule has 1 heterocycles. The molecule has 0 saturated carbocycles. The Morgan fingerprint density at radius 2 is 1.73 bits per heavy atom. The summed E-state index contributed by atoms with van der Waals surface area (Å²) in [6.07, 6.45) is -6.88. The number of ether oxygens (including phenoxy) is 4. The zero-order valence-corrected chi connectivity index (χ0v) is 26.0. The molecule has 1 aliphatic heterocycles. The number of phenolic OH excluding ortho intramolecular Hbond substituents is 1. The lowest BCUT2D eigenvalue weighted by atomic mass is 9.52. The van der Waals surface area contributed by atoms with Gasteiger partial charge in [-0.3, -0.25) is 9.59 Å². The van der Waals surface area contributed by atoms with E-state index in [9.17, 15) is 44.4 Å². The second kappa shape index (κ2) is 13.3. The number of rotatable bonds is 13. The first-order chi connectivity index (χ1) is 22.8. The van der Waals surface area contributed by atoms with Crippen molar-refractivity contribution in [1.82, 2.24) is 5.32 Å². The first-order valence-corrected chi connectivity index (χ1v) is 15.2. The van der Waals surface area contributed by atoms with Crippen molar-refractivity contribution < 1.29 is 68.5 Å². The molecular formula is C33H35NO14. The van der Waals surface area contributed by atoms with Crippen LogP contribution in [0.4, 0.5) is 0 Å². The average Bonchev–Trinajstić information content (AvgIpc) is 3.43. The highest BCUT2D eigenvalue weighted by molar-refractivity contribution is 5.87. The molecule has 0 bridgehead atoms. The van der Waals surface area contributed by atoms with E-state index in [4.69, 9.17) is 24.1 Å². The van der Waals surface area contributed by atoms with Gasteiger partial charge in [0.15, 0.2) is 23.7 Å². The third-order valence-corrected chi connectivity index (χ3v) is 9.21. The molecular weight excluding hydrogens is 634 g/mol. The number of aliphatic carboxylic acids is 2. The van der Waals surface area contributed by atoms with Crippen molar-refractivity contribution in [3.63, 3.8) is 0 Å². The molecule has 48 heavy (non-hydrogen) atoms. The van der Waals surface area contributed by atoms with Crippen LogP contribution in [0.1, 0.15) is 55.4 Å². The van der Waals surface area contributed by atoms with Crippen molar-refractivity contribution >= 4 is 29.8 Å². The van der Waals surface area contributed by atoms with E-state index in [2.05, 4.69) is 5.32 Å². The molecule has 15 nitrogen and oxygen atoms in total. The van der Waals surface area contributed by atoms with Crippen LogP contribution in [0.3, 0.4) is 0 Å². The minimum Gasteiger partial charge on any atom is -0.504 e. The van der Waals surface area contributed by atoms with Crippen LogP contribution in [0.15, 0.2) is 54.3 Å². The Labute approximate surface area is 273 Å². The van der Waals surface area contributed by atoms with Gasteiger partial charge >= 0.3 is 29.8 Å². The largest absolute Gasteiger partial charge is 0.504 e. The summed E-state index contributed by atoms with van der Waals surface area (Å²) in [5, 5.41) is 54.8. The van der Waals surface area contributed by atoms with Gasteiger partial charge in [-0.15, -0.1) is 0 Å². The number of benzene rings is 2. The summed E-state index contributed by atoms with van der Waals surface area (Å²) in [6, 6.07) is 10.1. The van der Waals surface area contributed by atoms with Gasteiger partial charge in [-0.25, -0.2) is 14.4 Å². The molecule has 2 aromatic rings. The van der Waals surface area contributed by atoms with Crippen LogP contribution in [-0.4, -0.2) is 92.4 Å². The number of aliphatic hydroxyl groups is 2. The lowest BCUT2D eigenvalue weighted by Gasteiger charge is -2.56. The Hall–Kier alpha value is -4.99. The van der Waals surface area contributed by atoms with Crippen LogP contribution < -0.4 is 10.1 Å². The Kier molecular flexibility index (Phi) is 9.48. The quantitative estimate of drug-likeness (QED) is 0.129. The molecule has 2 aromatic carbocycles. The molecule has 2 aliphatic carbocycles. The molecule has 0 saturated heterocycles. The maximum Gasteiger partial charge on any atom is 0.353 e. The van der Waals surface area contributed by atoms with Gasteiger partial charge in [0.25, 0.3) is 0 Å². The van der Waals surface area contributed by atoms with E-state index in [1.807, 2.05) is 6.92 Å². The van der Waals surface area contributed by atoms with Crippen molar-refractivity contribution in [2.75, 3.05) is 7.05 Å². The Morgan fingerprint density at radius 1 is 1.02 bits per heavy atom. The number of aliphatic hydroxyl groups excluding tert-OH is 1. The second-order valence-electron chi connectivity index (χ2n) is 11.8. The highest BCUT2D eigenvalue weighted by Crippen LogP contribution is 2.63. The highest BCUT2D eigenvalue weighted by Gasteiger charge is 2.69. The minimum atomic E-state index is -2.16. The summed E-state index contributed by atoms with van der Waals surface area (Å²) in [6.45, 7) is 1.85. The maximum atomic E-state index is 13.1. The predicted molar refractivity (Wildman–Crippen MR) is 160 cm³/mol. The van der Waals surface area contributed by atoms with E-state index >= 15 is 0 Å². The second-order valence-corrected chi connectivity index (χ2v) is 11.8. The van der Waals surface area contributed by atoms with Crippen molar-refractivity contribution in [1.29, 1.82) is 0 Å². The van der Waals surface area contributed by atoms with Gasteiger partial charge in [0.05, 0.1) is 23.9 Å². The van der Waals surface area contributed by atoms with Gasteiger partial charge < -0.3 is 49.8 Å². The van der Waals surface area contributed by atoms with Gasteiger partial charge in [0, 0.05) is 23.6 Å². The number of carbonyl (C=O) groups is 5. The Balaban J connectivity index is 1.32. The number of hydrogen-bond acceptors (Lipinski definition) is 13. The van der Waals surface area contributed by atoms with Crippen molar-refractivity contribution in [2.24, 2.45) is 0 Å². The predicted octanol–water partition coefficient (Wildman–Crippen LogP) is 1.01. The highest BCUT2D eigenvalue weighted by atomic mass is 16.6. The third kappa shape index (κ3) is 5.84. The number of carboxylic acids is 2. The van der Waals surface area contributed by atoms with E-state index in [1.54, 1.807) is 19.2 Å². The Morgan fingerprint density at radius 3 is 2.35 bits per heavy atom. The first kappa shape index (κ1) is 34.3. The molecule has 0 unspecified atom stereocenters. The molecule has 0 fully saturated rings. The topological polar surface area (TPSA) is 235 Å². The molecule has 0 amide bonds. The normalized spacial score (nSPS) is 25.3. The fourth-order valence-electron chi connectivity index (χ4n) is 7.01. The van der Waals surface area contributed by atoms with Crippen molar-refractivity contribution in [2.45, 2.75) is 80.5 Å². The van der Waals surface area contributed by atoms with Gasteiger partial charge in [0.1, 0.15) is 5.76 Å². The molecule has 3 aliphatic rings. The molecule has 0 spiro atoms. The summed E-state index contributed by atoms with van der Waals surface area (Å²) >= 11 is 0. The number of likely N-dealkylation sites (N-methyl/N-ethyl adjacent to an activating group) is 1. The zero-order valence-electron chi connectivity index (χ0n) is 26.0. The molecule has 5 rings (SSSR count). The first-order valence-electron chi connectivity index (χ1n) is 15.2. The van der Waals surface area contributed by atoms with E-state index in [1.165, 1.54) is 36.4 Å². The van der Waals surface area contributed by atoms with E-state index in [0.29, 0.717) is 18.4 Å². The standard InChI is InChI=1S/C33H35NO14/c1-3-32-25-17-9-10-18(35)27(25)47-28(32)20(11-12-33(32,44)22(13-17)34-2)45-24(39)14-19(36)30(42)48-26(16-7-5-4-6-8-16)31(43)46-21(29(40)41)15-23(37)38/h4-11,19,21-22,26,28,34-36,44H,3,12-15H2,1-2H3,(H,37,38)(H,40,41)/t19-,21-,22+,26-,28-,32-,33+/m0/s1. The molecule has 256 valence electrons. The van der Waals surface area contributed by atoms with Crippen LogP contribution >= 0.6 is 0 Å². The summed E-state index contributed by atoms with van der Waals surface area (Å²) in [5.41, 5.74) is -1.02. The lowest BCUT2D eigenvalue weighted by Crippen LogP contribution is -2.70. The number of carbonyl (C=O) groups excluding carboxylic acids is 3. The molecule has 0 aromatic heterocycles. The third-order valence-electron chi connectivity index (χ3n) is 9.21. The summed E-state index contributed by atoms with van der Waals surface area (Å²) in [7, 11) is 1.73. The monoisotopic (exact) mass is 669 g/mol. The zero-order chi connectivity index (χ0) is 35.0. The number of aromatic hydroxyl groups is 1. The number of nitrogens with one attached hydrogen (secondary N) is 1. The Bertz CT molecular complexity index is 1660. The average molecular weight is 670 g/mol. The molecule has 15 heteroatoms. The smallest absolute Gasteiger partial charge is 0.353 e. The van der Waals surface area contributed by atoms with Crippen molar-refractivity contribution in [3.8, 4) is 11.5 Å². The van der Waals surface area contributed by atoms with Gasteiger partial charge in [-0.05, 0) is 37.6 Å². The summed E-state index contributed by atoms with van der Waals surface area (Å²) in [4.78, 5) is 61.4. The molecule has 6 N–H and O–H groups in total. The van der Waals surface area contributed by atoms with E-state index in [-0.39, 0.29) is 29.2 Å². The minimum absolute atomic E-state index is 0.00859. The van der Waals surface area contributed by atoms with Gasteiger partial charge in [-0.2, -0.15) is 0 Å². The van der Waals surface area contributed by atoms with Gasteiger partial charge in [0.2, 0.25) is 12.2 Å². The fraction of sp³-hybridized carbons (Fsp3) is 0.424. The maximum absolute atomic E-state index is 13.1. The van der Waals surface area contributed by atoms with Crippen molar-refractivity contribution in [3.05, 3.63) is 71.0 Å². The fourth-order valence-corrected chi connectivity index (χ4v) is 7.01. The van der Waals surface area contributed by atoms with Crippen LogP contribution in [0.5, 0.6) is 11.5 Å². The number of hydrogen-bond donors (Lipinski definition) is 6. The lowest BCUT2D eigenvalue weighted by molar-refractivity contribution is -0.182. The van der Waals surface area contributed by atoms with Crippen LogP contribution in [-0.2, 0) is 50.0 Å².